The molecule has 0 atom stereocenters. The van der Waals surface area contributed by atoms with Gasteiger partial charge in [-0.3, -0.25) is 0 Å². The lowest BCUT2D eigenvalue weighted by Gasteiger charge is -2.14. The van der Waals surface area contributed by atoms with Crippen LogP contribution < -0.4 is 0 Å². The number of fused-ring (bicyclic) bond motifs is 1. The van der Waals surface area contributed by atoms with Gasteiger partial charge in [0.15, 0.2) is 0 Å². The van der Waals surface area contributed by atoms with E-state index in [4.69, 9.17) is 23.2 Å². The highest BCUT2D eigenvalue weighted by molar-refractivity contribution is 6.45. The van der Waals surface area contributed by atoms with Gasteiger partial charge in [0.1, 0.15) is 0 Å². The zero-order valence-corrected chi connectivity index (χ0v) is 11.3. The molecule has 2 aromatic rings. The Labute approximate surface area is 117 Å². The van der Waals surface area contributed by atoms with E-state index in [-0.39, 0.29) is 0 Å². The second kappa shape index (κ2) is 4.79. The average molecular weight is 275 g/mol. The molecule has 90 valence electrons. The standard InChI is InChI=1S/C16H12Cl2/c17-15-10-14(11-6-2-1-3-7-11)12-8-4-5-9-13(12)16(15)18/h1-2,4-6,8-10H,3,7H2. The Hall–Kier alpha value is -1.24. The normalized spacial score (nSPS) is 14.9. The SMILES string of the molecule is Clc1cc(C2=CC=CCC2)c2ccccc2c1Cl. The predicted molar refractivity (Wildman–Crippen MR) is 80.3 cm³/mol. The summed E-state index contributed by atoms with van der Waals surface area (Å²) in [4.78, 5) is 0. The number of rotatable bonds is 1. The quantitative estimate of drug-likeness (QED) is 0.609. The first-order valence-electron chi connectivity index (χ1n) is 6.00. The van der Waals surface area contributed by atoms with Gasteiger partial charge in [-0.1, -0.05) is 65.7 Å². The van der Waals surface area contributed by atoms with Crippen molar-refractivity contribution in [2.45, 2.75) is 12.8 Å². The van der Waals surface area contributed by atoms with Crippen molar-refractivity contribution in [3.05, 3.63) is 64.2 Å². The second-order valence-electron chi connectivity index (χ2n) is 4.42. The number of halogens is 2. The van der Waals surface area contributed by atoms with Crippen molar-refractivity contribution in [2.75, 3.05) is 0 Å². The number of allylic oxidation sites excluding steroid dienone is 4. The van der Waals surface area contributed by atoms with E-state index in [1.807, 2.05) is 24.3 Å². The monoisotopic (exact) mass is 274 g/mol. The molecule has 1 aliphatic carbocycles. The van der Waals surface area contributed by atoms with Crippen LogP contribution in [0, 0.1) is 0 Å². The van der Waals surface area contributed by atoms with E-state index in [2.05, 4.69) is 24.3 Å². The van der Waals surface area contributed by atoms with Crippen molar-refractivity contribution in [3.8, 4) is 0 Å². The first-order valence-corrected chi connectivity index (χ1v) is 6.76. The summed E-state index contributed by atoms with van der Waals surface area (Å²) in [6.07, 6.45) is 8.59. The van der Waals surface area contributed by atoms with Crippen LogP contribution in [0.15, 0.2) is 48.6 Å². The predicted octanol–water partition coefficient (Wildman–Crippen LogP) is 5.88. The van der Waals surface area contributed by atoms with Crippen LogP contribution in [0.25, 0.3) is 16.3 Å². The van der Waals surface area contributed by atoms with Gasteiger partial charge in [0.2, 0.25) is 0 Å². The van der Waals surface area contributed by atoms with Crippen molar-refractivity contribution in [1.29, 1.82) is 0 Å². The molecule has 0 radical (unpaired) electrons. The molecule has 1 aliphatic rings. The maximum atomic E-state index is 6.27. The van der Waals surface area contributed by atoms with Crippen molar-refractivity contribution in [3.63, 3.8) is 0 Å². The summed E-state index contributed by atoms with van der Waals surface area (Å²) in [7, 11) is 0. The smallest absolute Gasteiger partial charge is 0.0671 e. The van der Waals surface area contributed by atoms with Gasteiger partial charge in [-0.05, 0) is 35.4 Å². The molecule has 0 N–H and O–H groups in total. The lowest BCUT2D eigenvalue weighted by Crippen LogP contribution is -1.91. The molecule has 0 spiro atoms. The fraction of sp³-hybridized carbons (Fsp3) is 0.125. The Morgan fingerprint density at radius 1 is 1.00 bits per heavy atom. The number of benzene rings is 2. The number of hydrogen-bond donors (Lipinski definition) is 0. The van der Waals surface area contributed by atoms with E-state index in [9.17, 15) is 0 Å². The minimum atomic E-state index is 0.626. The maximum Gasteiger partial charge on any atom is 0.0671 e. The largest absolute Gasteiger partial charge is 0.0842 e. The first kappa shape index (κ1) is 11.8. The highest BCUT2D eigenvalue weighted by Gasteiger charge is 2.12. The zero-order chi connectivity index (χ0) is 12.5. The zero-order valence-electron chi connectivity index (χ0n) is 9.79. The molecule has 0 saturated heterocycles. The van der Waals surface area contributed by atoms with Gasteiger partial charge in [0.05, 0.1) is 10.0 Å². The van der Waals surface area contributed by atoms with Crippen LogP contribution in [0.1, 0.15) is 18.4 Å². The van der Waals surface area contributed by atoms with Crippen molar-refractivity contribution in [1.82, 2.24) is 0 Å². The molecule has 3 rings (SSSR count). The first-order chi connectivity index (χ1) is 8.77. The molecule has 2 aromatic carbocycles. The topological polar surface area (TPSA) is 0 Å². The van der Waals surface area contributed by atoms with Gasteiger partial charge < -0.3 is 0 Å². The summed E-state index contributed by atoms with van der Waals surface area (Å²) in [5.41, 5.74) is 2.52. The van der Waals surface area contributed by atoms with Crippen LogP contribution in [-0.2, 0) is 0 Å². The molecule has 0 aromatic heterocycles. The molecular weight excluding hydrogens is 263 g/mol. The van der Waals surface area contributed by atoms with Crippen molar-refractivity contribution >= 4 is 39.5 Å². The van der Waals surface area contributed by atoms with Crippen LogP contribution in [0.3, 0.4) is 0 Å². The van der Waals surface area contributed by atoms with Crippen LogP contribution >= 0.6 is 23.2 Å². The fourth-order valence-electron chi connectivity index (χ4n) is 2.40. The summed E-state index contributed by atoms with van der Waals surface area (Å²) >= 11 is 12.5. The molecule has 0 bridgehead atoms. The Balaban J connectivity index is 2.32. The summed E-state index contributed by atoms with van der Waals surface area (Å²) in [6, 6.07) is 10.1. The Kier molecular flexibility index (Phi) is 3.15. The summed E-state index contributed by atoms with van der Waals surface area (Å²) in [6.45, 7) is 0. The minimum absolute atomic E-state index is 0.626. The van der Waals surface area contributed by atoms with Crippen LogP contribution in [0.4, 0.5) is 0 Å². The van der Waals surface area contributed by atoms with Gasteiger partial charge >= 0.3 is 0 Å². The van der Waals surface area contributed by atoms with E-state index >= 15 is 0 Å². The Morgan fingerprint density at radius 2 is 1.78 bits per heavy atom. The molecule has 0 aliphatic heterocycles. The van der Waals surface area contributed by atoms with Crippen molar-refractivity contribution in [2.24, 2.45) is 0 Å². The van der Waals surface area contributed by atoms with Crippen LogP contribution in [0.2, 0.25) is 10.0 Å². The third-order valence-corrected chi connectivity index (χ3v) is 4.10. The fourth-order valence-corrected chi connectivity index (χ4v) is 2.83. The van der Waals surface area contributed by atoms with E-state index in [0.717, 1.165) is 18.2 Å². The average Bonchev–Trinajstić information content (AvgIpc) is 2.44. The third kappa shape index (κ3) is 1.96. The molecule has 2 heteroatoms. The molecule has 18 heavy (non-hydrogen) atoms. The second-order valence-corrected chi connectivity index (χ2v) is 5.21. The number of hydrogen-bond acceptors (Lipinski definition) is 0. The molecule has 0 unspecified atom stereocenters. The molecule has 0 heterocycles. The Morgan fingerprint density at radius 3 is 2.50 bits per heavy atom. The molecular formula is C16H12Cl2. The highest BCUT2D eigenvalue weighted by Crippen LogP contribution is 2.37. The molecule has 0 fully saturated rings. The van der Waals surface area contributed by atoms with Crippen LogP contribution in [0.5, 0.6) is 0 Å². The van der Waals surface area contributed by atoms with Gasteiger partial charge in [0, 0.05) is 5.39 Å². The Bertz CT molecular complexity index is 666. The van der Waals surface area contributed by atoms with E-state index < -0.39 is 0 Å². The van der Waals surface area contributed by atoms with E-state index in [0.29, 0.717) is 10.0 Å². The minimum Gasteiger partial charge on any atom is -0.0842 e. The van der Waals surface area contributed by atoms with E-state index in [1.54, 1.807) is 0 Å². The molecule has 0 nitrogen and oxygen atoms in total. The van der Waals surface area contributed by atoms with Crippen molar-refractivity contribution < 1.29 is 0 Å². The summed E-state index contributed by atoms with van der Waals surface area (Å²) in [5.74, 6) is 0. The van der Waals surface area contributed by atoms with Gasteiger partial charge in [-0.15, -0.1) is 0 Å². The lowest BCUT2D eigenvalue weighted by atomic mass is 9.93. The van der Waals surface area contributed by atoms with Gasteiger partial charge in [0.25, 0.3) is 0 Å². The maximum absolute atomic E-state index is 6.27. The third-order valence-electron chi connectivity index (χ3n) is 3.29. The lowest BCUT2D eigenvalue weighted by molar-refractivity contribution is 1.06. The summed E-state index contributed by atoms with van der Waals surface area (Å²) < 4.78 is 0. The molecule has 0 saturated carbocycles. The van der Waals surface area contributed by atoms with Crippen LogP contribution in [-0.4, -0.2) is 0 Å². The van der Waals surface area contributed by atoms with Gasteiger partial charge in [-0.25, -0.2) is 0 Å². The summed E-state index contributed by atoms with van der Waals surface area (Å²) in [5, 5.41) is 3.47. The molecule has 0 amide bonds. The van der Waals surface area contributed by atoms with Gasteiger partial charge in [-0.2, -0.15) is 0 Å². The van der Waals surface area contributed by atoms with E-state index in [1.165, 1.54) is 16.5 Å². The highest BCUT2D eigenvalue weighted by atomic mass is 35.5.